The molecule has 0 atom stereocenters. The quantitative estimate of drug-likeness (QED) is 0.265. The molecule has 13 heteroatoms. The monoisotopic (exact) mass is 582 g/mol. The van der Waals surface area contributed by atoms with E-state index in [-0.39, 0.29) is 22.2 Å². The molecule has 210 valence electrons. The summed E-state index contributed by atoms with van der Waals surface area (Å²) in [5.74, 6) is -0.581. The summed E-state index contributed by atoms with van der Waals surface area (Å²) >= 11 is 0. The highest BCUT2D eigenvalue weighted by atomic mass is 32.2. The Hall–Kier alpha value is -4.91. The van der Waals surface area contributed by atoms with E-state index in [0.29, 0.717) is 33.6 Å². The number of aromatic nitrogens is 3. The minimum absolute atomic E-state index is 0.0232. The van der Waals surface area contributed by atoms with Gasteiger partial charge in [0.25, 0.3) is 5.91 Å². The summed E-state index contributed by atoms with van der Waals surface area (Å²) < 4.78 is 73.7. The first-order valence-corrected chi connectivity index (χ1v) is 13.8. The first-order valence-electron chi connectivity index (χ1n) is 11.9. The van der Waals surface area contributed by atoms with Crippen molar-refractivity contribution in [2.24, 2.45) is 5.73 Å². The molecule has 9 nitrogen and oxygen atoms in total. The molecule has 0 aliphatic carbocycles. The number of benzene rings is 3. The Morgan fingerprint density at radius 1 is 0.976 bits per heavy atom. The summed E-state index contributed by atoms with van der Waals surface area (Å²) in [6.45, 7) is 1.62. The molecule has 1 amide bonds. The van der Waals surface area contributed by atoms with E-state index in [0.717, 1.165) is 18.4 Å². The number of rotatable bonds is 7. The van der Waals surface area contributed by atoms with Crippen molar-refractivity contribution in [2.75, 3.05) is 6.26 Å². The molecule has 2 aromatic heterocycles. The van der Waals surface area contributed by atoms with Gasteiger partial charge >= 0.3 is 6.36 Å². The Balaban J connectivity index is 1.69. The predicted octanol–water partition coefficient (Wildman–Crippen LogP) is 5.57. The number of hydrogen-bond acceptors (Lipinski definition) is 7. The minimum Gasteiger partial charge on any atom is -0.440 e. The summed E-state index contributed by atoms with van der Waals surface area (Å²) in [5, 5.41) is 4.25. The lowest BCUT2D eigenvalue weighted by molar-refractivity contribution is -0.274. The Labute approximate surface area is 231 Å². The third-order valence-corrected chi connectivity index (χ3v) is 7.13. The van der Waals surface area contributed by atoms with Crippen LogP contribution in [0.5, 0.6) is 5.75 Å². The molecular weight excluding hydrogens is 561 g/mol. The highest BCUT2D eigenvalue weighted by Gasteiger charge is 2.31. The van der Waals surface area contributed by atoms with E-state index in [4.69, 9.17) is 10.2 Å². The lowest BCUT2D eigenvalue weighted by Crippen LogP contribution is -2.16. The summed E-state index contributed by atoms with van der Waals surface area (Å²) in [6, 6.07) is 18.2. The number of sulfone groups is 1. The van der Waals surface area contributed by atoms with Crippen molar-refractivity contribution < 1.29 is 35.5 Å². The van der Waals surface area contributed by atoms with Crippen molar-refractivity contribution in [1.82, 2.24) is 14.8 Å². The molecule has 0 saturated carbocycles. The fourth-order valence-electron chi connectivity index (χ4n) is 4.21. The average Bonchev–Trinajstić information content (AvgIpc) is 3.55. The lowest BCUT2D eigenvalue weighted by Gasteiger charge is -2.13. The number of primary amides is 1. The van der Waals surface area contributed by atoms with E-state index in [1.54, 1.807) is 43.3 Å². The Morgan fingerprint density at radius 3 is 2.29 bits per heavy atom. The number of carbonyl (C=O) groups excluding carboxylic acids is 1. The Bertz CT molecular complexity index is 1880. The molecule has 2 heterocycles. The van der Waals surface area contributed by atoms with Crippen LogP contribution < -0.4 is 10.5 Å². The number of hydrogen-bond donors (Lipinski definition) is 1. The van der Waals surface area contributed by atoms with Crippen LogP contribution in [-0.4, -0.2) is 41.7 Å². The van der Waals surface area contributed by atoms with Crippen LogP contribution >= 0.6 is 0 Å². The third kappa shape index (κ3) is 5.99. The molecule has 5 rings (SSSR count). The van der Waals surface area contributed by atoms with Crippen LogP contribution in [-0.2, 0) is 9.84 Å². The maximum Gasteiger partial charge on any atom is 0.573 e. The number of nitrogens with two attached hydrogens (primary N) is 1. The first-order chi connectivity index (χ1) is 19.3. The number of oxazole rings is 1. The number of amides is 1. The maximum absolute atomic E-state index is 12.7. The zero-order valence-corrected chi connectivity index (χ0v) is 22.3. The number of halogens is 3. The smallest absolute Gasteiger partial charge is 0.440 e. The lowest BCUT2D eigenvalue weighted by atomic mass is 9.98. The Morgan fingerprint density at radius 2 is 1.66 bits per heavy atom. The molecule has 3 aromatic carbocycles. The summed E-state index contributed by atoms with van der Waals surface area (Å²) in [5.41, 5.74) is 8.33. The van der Waals surface area contributed by atoms with Crippen LogP contribution in [0.15, 0.2) is 88.3 Å². The SMILES string of the molecule is Cc1nc(-c2ccc(OC(F)(F)F)cc2)c(-c2cc(-c3cccc(S(C)(=O)=O)c3)ccc2-n2ccc(C(N)=O)n2)o1. The van der Waals surface area contributed by atoms with Crippen molar-refractivity contribution in [3.8, 4) is 45.1 Å². The van der Waals surface area contributed by atoms with E-state index in [1.807, 2.05) is 0 Å². The van der Waals surface area contributed by atoms with Gasteiger partial charge < -0.3 is 14.9 Å². The second kappa shape index (κ2) is 10.2. The van der Waals surface area contributed by atoms with E-state index >= 15 is 0 Å². The van der Waals surface area contributed by atoms with Gasteiger partial charge in [-0.15, -0.1) is 13.2 Å². The molecule has 41 heavy (non-hydrogen) atoms. The number of alkyl halides is 3. The van der Waals surface area contributed by atoms with Gasteiger partial charge in [-0.1, -0.05) is 18.2 Å². The second-order valence-corrected chi connectivity index (χ2v) is 11.0. The zero-order chi connectivity index (χ0) is 29.5. The fraction of sp³-hybridized carbons (Fsp3) is 0.107. The predicted molar refractivity (Wildman–Crippen MR) is 143 cm³/mol. The highest BCUT2D eigenvalue weighted by molar-refractivity contribution is 7.90. The standard InChI is InChI=1S/C28H21F3N4O5S/c1-16-33-25(17-6-9-20(10-7-17)40-28(29,30)31)26(39-16)22-15-19(18-4-3-5-21(14-18)41(2,37)38)8-11-24(22)35-13-12-23(34-35)27(32)36/h3-15H,1-2H3,(H2,32,36). The molecule has 5 aromatic rings. The highest BCUT2D eigenvalue weighted by Crippen LogP contribution is 2.39. The summed E-state index contributed by atoms with van der Waals surface area (Å²) in [7, 11) is -3.47. The number of aryl methyl sites for hydroxylation is 1. The van der Waals surface area contributed by atoms with Crippen molar-refractivity contribution in [3.63, 3.8) is 0 Å². The molecule has 0 saturated heterocycles. The molecule has 0 spiro atoms. The van der Waals surface area contributed by atoms with E-state index in [9.17, 15) is 26.4 Å². The van der Waals surface area contributed by atoms with Gasteiger partial charge in [0, 0.05) is 30.5 Å². The topological polar surface area (TPSA) is 130 Å². The van der Waals surface area contributed by atoms with Crippen LogP contribution in [0.1, 0.15) is 16.4 Å². The van der Waals surface area contributed by atoms with Crippen LogP contribution in [0.4, 0.5) is 13.2 Å². The minimum atomic E-state index is -4.84. The van der Waals surface area contributed by atoms with E-state index in [2.05, 4.69) is 14.8 Å². The number of ether oxygens (including phenoxy) is 1. The van der Waals surface area contributed by atoms with Gasteiger partial charge in [-0.05, 0) is 65.7 Å². The maximum atomic E-state index is 12.7. The second-order valence-electron chi connectivity index (χ2n) is 9.02. The van der Waals surface area contributed by atoms with Crippen molar-refractivity contribution in [3.05, 3.63) is 90.6 Å². The molecule has 0 bridgehead atoms. The van der Waals surface area contributed by atoms with Crippen LogP contribution in [0.3, 0.4) is 0 Å². The van der Waals surface area contributed by atoms with E-state index < -0.39 is 27.9 Å². The molecule has 0 radical (unpaired) electrons. The van der Waals surface area contributed by atoms with Gasteiger partial charge in [-0.2, -0.15) is 5.10 Å². The molecule has 0 unspecified atom stereocenters. The van der Waals surface area contributed by atoms with Crippen LogP contribution in [0.25, 0.3) is 39.4 Å². The molecule has 0 aliphatic rings. The normalized spacial score (nSPS) is 11.9. The number of nitrogens with zero attached hydrogens (tertiary/aromatic N) is 3. The Kier molecular flexibility index (Phi) is 6.91. The van der Waals surface area contributed by atoms with Gasteiger partial charge in [0.05, 0.1) is 10.6 Å². The van der Waals surface area contributed by atoms with Gasteiger partial charge in [0.15, 0.2) is 21.5 Å². The van der Waals surface area contributed by atoms with Gasteiger partial charge in [0.2, 0.25) is 0 Å². The molecule has 2 N–H and O–H groups in total. The van der Waals surface area contributed by atoms with Gasteiger partial charge in [0.1, 0.15) is 17.1 Å². The van der Waals surface area contributed by atoms with Crippen LogP contribution in [0, 0.1) is 6.92 Å². The molecule has 0 aliphatic heterocycles. The largest absolute Gasteiger partial charge is 0.573 e. The van der Waals surface area contributed by atoms with Crippen LogP contribution in [0.2, 0.25) is 0 Å². The van der Waals surface area contributed by atoms with E-state index in [1.165, 1.54) is 35.1 Å². The molecule has 0 fully saturated rings. The summed E-state index contributed by atoms with van der Waals surface area (Å²) in [6.07, 6.45) is -2.19. The molecular formula is C28H21F3N4O5S. The third-order valence-electron chi connectivity index (χ3n) is 6.02. The first kappa shape index (κ1) is 27.6. The number of carbonyl (C=O) groups is 1. The zero-order valence-electron chi connectivity index (χ0n) is 21.5. The van der Waals surface area contributed by atoms with Gasteiger partial charge in [-0.3, -0.25) is 4.79 Å². The summed E-state index contributed by atoms with van der Waals surface area (Å²) in [4.78, 5) is 16.3. The average molecular weight is 583 g/mol. The van der Waals surface area contributed by atoms with Crippen molar-refractivity contribution in [2.45, 2.75) is 18.2 Å². The fourth-order valence-corrected chi connectivity index (χ4v) is 4.88. The van der Waals surface area contributed by atoms with Gasteiger partial charge in [-0.25, -0.2) is 18.1 Å². The van der Waals surface area contributed by atoms with Crippen molar-refractivity contribution in [1.29, 1.82) is 0 Å². The van der Waals surface area contributed by atoms with Crippen molar-refractivity contribution >= 4 is 15.7 Å².